The number of nitrogens with zero attached hydrogens (tertiary/aromatic N) is 1. The van der Waals surface area contributed by atoms with E-state index in [1.807, 2.05) is 31.2 Å². The Morgan fingerprint density at radius 3 is 2.32 bits per heavy atom. The number of aryl methyl sites for hydroxylation is 1. The summed E-state index contributed by atoms with van der Waals surface area (Å²) in [6.45, 7) is 1.87. The summed E-state index contributed by atoms with van der Waals surface area (Å²) in [5, 5.41) is 5.10. The molecule has 5 rings (SSSR count). The third kappa shape index (κ3) is 6.46. The van der Waals surface area contributed by atoms with Crippen molar-refractivity contribution < 1.29 is 22.7 Å². The van der Waals surface area contributed by atoms with Crippen molar-refractivity contribution >= 4 is 66.8 Å². The fourth-order valence-electron chi connectivity index (χ4n) is 3.82. The predicted molar refractivity (Wildman–Crippen MR) is 162 cm³/mol. The van der Waals surface area contributed by atoms with Crippen LogP contribution in [0.1, 0.15) is 31.2 Å². The van der Waals surface area contributed by atoms with Crippen molar-refractivity contribution in [2.24, 2.45) is 5.10 Å². The highest BCUT2D eigenvalue weighted by molar-refractivity contribution is 7.92. The Hall–Kier alpha value is -4.51. The van der Waals surface area contributed by atoms with Crippen LogP contribution in [0, 0.1) is 6.92 Å². The summed E-state index contributed by atoms with van der Waals surface area (Å²) >= 11 is 7.66. The third-order valence-electron chi connectivity index (χ3n) is 5.94. The maximum atomic E-state index is 12.9. The minimum atomic E-state index is -3.76. The predicted octanol–water partition coefficient (Wildman–Crippen LogP) is 6.65. The van der Waals surface area contributed by atoms with Gasteiger partial charge in [0, 0.05) is 26.9 Å². The van der Waals surface area contributed by atoms with Crippen LogP contribution in [-0.4, -0.2) is 26.5 Å². The fraction of sp³-hybridized carbons (Fsp3) is 0.0333. The molecule has 5 aromatic rings. The van der Waals surface area contributed by atoms with Crippen molar-refractivity contribution in [3.63, 3.8) is 0 Å². The van der Waals surface area contributed by atoms with E-state index in [0.717, 1.165) is 15.6 Å². The van der Waals surface area contributed by atoms with Crippen LogP contribution < -0.4 is 14.9 Å². The molecule has 0 spiro atoms. The summed E-state index contributed by atoms with van der Waals surface area (Å²) in [4.78, 5) is 25.9. The van der Waals surface area contributed by atoms with Crippen molar-refractivity contribution in [2.45, 2.75) is 11.8 Å². The zero-order valence-corrected chi connectivity index (χ0v) is 23.9. The van der Waals surface area contributed by atoms with E-state index in [4.69, 9.17) is 16.3 Å². The van der Waals surface area contributed by atoms with Gasteiger partial charge in [-0.3, -0.25) is 9.52 Å². The van der Waals surface area contributed by atoms with Crippen LogP contribution in [0.4, 0.5) is 5.69 Å². The Morgan fingerprint density at radius 1 is 0.902 bits per heavy atom. The number of ether oxygens (including phenoxy) is 1. The van der Waals surface area contributed by atoms with Gasteiger partial charge in [-0.15, -0.1) is 11.3 Å². The minimum Gasteiger partial charge on any atom is -0.422 e. The van der Waals surface area contributed by atoms with E-state index in [-0.39, 0.29) is 21.1 Å². The largest absolute Gasteiger partial charge is 0.422 e. The lowest BCUT2D eigenvalue weighted by molar-refractivity contribution is 0.0739. The van der Waals surface area contributed by atoms with Crippen molar-refractivity contribution in [1.82, 2.24) is 5.43 Å². The zero-order valence-electron chi connectivity index (χ0n) is 21.5. The average Bonchev–Trinajstić information content (AvgIpc) is 3.31. The third-order valence-corrected chi connectivity index (χ3v) is 8.99. The number of fused-ring (bicyclic) bond motifs is 1. The first-order valence-corrected chi connectivity index (χ1v) is 14.9. The normalized spacial score (nSPS) is 11.5. The molecule has 0 fully saturated rings. The van der Waals surface area contributed by atoms with Gasteiger partial charge in [0.15, 0.2) is 0 Å². The average molecular weight is 604 g/mol. The van der Waals surface area contributed by atoms with Gasteiger partial charge >= 0.3 is 5.97 Å². The quantitative estimate of drug-likeness (QED) is 0.0892. The molecule has 0 aliphatic rings. The number of hydrazone groups is 1. The van der Waals surface area contributed by atoms with Gasteiger partial charge in [0.2, 0.25) is 0 Å². The summed E-state index contributed by atoms with van der Waals surface area (Å²) in [5.74, 6) is -0.867. The molecule has 0 unspecified atom stereocenters. The molecule has 206 valence electrons. The van der Waals surface area contributed by atoms with Crippen LogP contribution in [0.2, 0.25) is 5.02 Å². The molecule has 0 aliphatic carbocycles. The number of rotatable bonds is 8. The lowest BCUT2D eigenvalue weighted by Crippen LogP contribution is -2.18. The molecule has 0 radical (unpaired) electrons. The number of hydrogen-bond acceptors (Lipinski definition) is 7. The van der Waals surface area contributed by atoms with Crippen molar-refractivity contribution in [3.05, 3.63) is 124 Å². The van der Waals surface area contributed by atoms with Gasteiger partial charge in [0.1, 0.15) is 10.6 Å². The lowest BCUT2D eigenvalue weighted by Gasteiger charge is -2.09. The van der Waals surface area contributed by atoms with Gasteiger partial charge < -0.3 is 4.74 Å². The number of hydrogen-bond donors (Lipinski definition) is 2. The number of para-hydroxylation sites is 1. The van der Waals surface area contributed by atoms with E-state index in [0.29, 0.717) is 16.3 Å². The molecular formula is C30H22ClN3O5S2. The van der Waals surface area contributed by atoms with Crippen LogP contribution in [-0.2, 0) is 10.0 Å². The van der Waals surface area contributed by atoms with Gasteiger partial charge in [-0.05, 0) is 61.5 Å². The van der Waals surface area contributed by atoms with Crippen LogP contribution in [0.25, 0.3) is 10.1 Å². The van der Waals surface area contributed by atoms with Gasteiger partial charge in [-0.25, -0.2) is 18.6 Å². The molecule has 2 N–H and O–H groups in total. The second kappa shape index (κ2) is 11.9. The van der Waals surface area contributed by atoms with Crippen LogP contribution in [0.3, 0.4) is 0 Å². The molecule has 0 aliphatic heterocycles. The molecule has 0 saturated heterocycles. The molecule has 4 aromatic carbocycles. The highest BCUT2D eigenvalue weighted by Crippen LogP contribution is 2.36. The summed E-state index contributed by atoms with van der Waals surface area (Å²) in [6.07, 6.45) is 1.36. The number of carbonyl (C=O) groups excluding carboxylic acids is 2. The molecule has 1 amide bonds. The molecule has 1 heterocycles. The number of carbonyl (C=O) groups is 2. The smallest absolute Gasteiger partial charge is 0.355 e. The molecule has 8 nitrogen and oxygen atoms in total. The summed E-state index contributed by atoms with van der Waals surface area (Å²) < 4.78 is 34.2. The van der Waals surface area contributed by atoms with E-state index in [9.17, 15) is 18.0 Å². The van der Waals surface area contributed by atoms with Gasteiger partial charge in [0.05, 0.1) is 16.1 Å². The van der Waals surface area contributed by atoms with Crippen LogP contribution >= 0.6 is 22.9 Å². The SMILES string of the molecule is Cc1ccc(S(=O)(=O)Nc2ccc(C(=O)N/N=C\c3ccccc3OC(=O)c3sc4ccccc4c3Cl)cc2)cc1. The highest BCUT2D eigenvalue weighted by Gasteiger charge is 2.20. The maximum Gasteiger partial charge on any atom is 0.355 e. The molecule has 41 heavy (non-hydrogen) atoms. The van der Waals surface area contributed by atoms with Crippen LogP contribution in [0.5, 0.6) is 5.75 Å². The Kier molecular flexibility index (Phi) is 8.16. The molecule has 11 heteroatoms. The summed E-state index contributed by atoms with van der Waals surface area (Å²) in [7, 11) is -3.76. The van der Waals surface area contributed by atoms with E-state index >= 15 is 0 Å². The Labute approximate surface area is 245 Å². The van der Waals surface area contributed by atoms with Gasteiger partial charge in [-0.2, -0.15) is 5.10 Å². The first-order valence-electron chi connectivity index (χ1n) is 12.2. The fourth-order valence-corrected chi connectivity index (χ4v) is 6.26. The van der Waals surface area contributed by atoms with Crippen molar-refractivity contribution in [3.8, 4) is 5.75 Å². The number of anilines is 1. The molecular weight excluding hydrogens is 582 g/mol. The summed E-state index contributed by atoms with van der Waals surface area (Å²) in [5.41, 5.74) is 4.39. The number of sulfonamides is 1. The van der Waals surface area contributed by atoms with Crippen molar-refractivity contribution in [1.29, 1.82) is 0 Å². The minimum absolute atomic E-state index is 0.136. The molecule has 1 aromatic heterocycles. The van der Waals surface area contributed by atoms with E-state index in [1.165, 1.54) is 53.9 Å². The first kappa shape index (κ1) is 28.0. The lowest BCUT2D eigenvalue weighted by atomic mass is 10.2. The second-order valence-electron chi connectivity index (χ2n) is 8.86. The monoisotopic (exact) mass is 603 g/mol. The standard InChI is InChI=1S/C30H22ClN3O5S2/c1-19-10-16-23(17-11-19)41(37,38)34-22-14-12-20(13-15-22)29(35)33-32-18-21-6-2-4-8-25(21)39-30(36)28-27(31)24-7-3-5-9-26(24)40-28/h2-18,34H,1H3,(H,33,35)/b32-18-. The number of halogens is 1. The Bertz CT molecular complexity index is 1880. The van der Waals surface area contributed by atoms with E-state index in [1.54, 1.807) is 36.4 Å². The molecule has 0 bridgehead atoms. The number of benzene rings is 4. The van der Waals surface area contributed by atoms with Gasteiger partial charge in [-0.1, -0.05) is 59.6 Å². The van der Waals surface area contributed by atoms with Crippen molar-refractivity contribution in [2.75, 3.05) is 4.72 Å². The van der Waals surface area contributed by atoms with Crippen LogP contribution in [0.15, 0.2) is 107 Å². The van der Waals surface area contributed by atoms with E-state index < -0.39 is 21.9 Å². The molecule has 0 atom stereocenters. The first-order chi connectivity index (χ1) is 19.7. The zero-order chi connectivity index (χ0) is 29.0. The summed E-state index contributed by atoms with van der Waals surface area (Å²) in [6, 6.07) is 26.6. The maximum absolute atomic E-state index is 12.9. The van der Waals surface area contributed by atoms with Gasteiger partial charge in [0.25, 0.3) is 15.9 Å². The Morgan fingerprint density at radius 2 is 1.59 bits per heavy atom. The number of esters is 1. The number of thiophene rings is 1. The topological polar surface area (TPSA) is 114 Å². The second-order valence-corrected chi connectivity index (χ2v) is 12.0. The highest BCUT2D eigenvalue weighted by atomic mass is 35.5. The number of nitrogens with one attached hydrogen (secondary N) is 2. The molecule has 0 saturated carbocycles. The van der Waals surface area contributed by atoms with E-state index in [2.05, 4.69) is 15.2 Å². The Balaban J connectivity index is 1.22. The number of amides is 1.